The fourth-order valence-electron chi connectivity index (χ4n) is 5.10. The number of hydrogen-bond acceptors (Lipinski definition) is 4. The minimum atomic E-state index is -3.68. The Balaban J connectivity index is 1.52. The first-order valence-corrected chi connectivity index (χ1v) is 12.9. The highest BCUT2D eigenvalue weighted by Gasteiger charge is 2.40. The van der Waals surface area contributed by atoms with E-state index >= 15 is 0 Å². The van der Waals surface area contributed by atoms with Crippen LogP contribution in [0.25, 0.3) is 11.1 Å². The van der Waals surface area contributed by atoms with Crippen LogP contribution < -0.4 is 10.9 Å². The smallest absolute Gasteiger partial charge is 0.250 e. The van der Waals surface area contributed by atoms with Crippen LogP contribution in [0.1, 0.15) is 25.0 Å². The summed E-state index contributed by atoms with van der Waals surface area (Å²) in [7, 11) is -3.68. The first kappa shape index (κ1) is 22.8. The van der Waals surface area contributed by atoms with Gasteiger partial charge in [0.25, 0.3) is 5.56 Å². The molecule has 0 radical (unpaired) electrons. The zero-order valence-corrected chi connectivity index (χ0v) is 20.1. The van der Waals surface area contributed by atoms with Crippen LogP contribution in [0.2, 0.25) is 5.02 Å². The normalized spacial score (nSPS) is 19.9. The van der Waals surface area contributed by atoms with Gasteiger partial charge in [-0.1, -0.05) is 23.7 Å². The van der Waals surface area contributed by atoms with E-state index in [1.807, 2.05) is 34.9 Å². The van der Waals surface area contributed by atoms with Crippen molar-refractivity contribution in [2.45, 2.75) is 30.7 Å². The Morgan fingerprint density at radius 2 is 1.68 bits per heavy atom. The molecule has 0 spiro atoms. The van der Waals surface area contributed by atoms with Crippen molar-refractivity contribution < 1.29 is 13.2 Å². The van der Waals surface area contributed by atoms with Crippen LogP contribution in [0.4, 0.5) is 5.69 Å². The first-order valence-electron chi connectivity index (χ1n) is 11.1. The molecule has 1 N–H and O–H groups in total. The van der Waals surface area contributed by atoms with E-state index in [0.717, 1.165) is 23.2 Å². The van der Waals surface area contributed by atoms with Crippen molar-refractivity contribution in [1.29, 1.82) is 0 Å². The second-order valence-electron chi connectivity index (χ2n) is 8.91. The molecule has 1 saturated heterocycles. The number of nitrogens with zero attached hydrogens (tertiary/aromatic N) is 2. The fraction of sp³-hybridized carbons (Fsp3) is 0.280. The lowest BCUT2D eigenvalue weighted by Crippen LogP contribution is -2.49. The van der Waals surface area contributed by atoms with Crippen LogP contribution in [-0.2, 0) is 21.4 Å². The summed E-state index contributed by atoms with van der Waals surface area (Å²) in [5, 5.41) is 3.24. The molecule has 1 amide bonds. The van der Waals surface area contributed by atoms with Gasteiger partial charge in [0.05, 0.1) is 4.90 Å². The number of amides is 1. The molecule has 2 aromatic carbocycles. The van der Waals surface area contributed by atoms with Crippen molar-refractivity contribution in [3.8, 4) is 11.1 Å². The molecule has 2 aliphatic rings. The average molecular weight is 498 g/mol. The van der Waals surface area contributed by atoms with E-state index in [1.165, 1.54) is 19.1 Å². The second-order valence-corrected chi connectivity index (χ2v) is 11.3. The number of carbonyl (C=O) groups is 1. The molecule has 176 valence electrons. The summed E-state index contributed by atoms with van der Waals surface area (Å²) in [6.07, 6.45) is 0.826. The number of anilines is 1. The number of piperidine rings is 1. The zero-order chi connectivity index (χ0) is 24.0. The number of carbonyl (C=O) groups excluding carboxylic acids is 1. The second kappa shape index (κ2) is 8.69. The third-order valence-electron chi connectivity index (χ3n) is 6.52. The number of aromatic nitrogens is 1. The number of sulfonamides is 1. The maximum absolute atomic E-state index is 13.4. The van der Waals surface area contributed by atoms with Gasteiger partial charge in [0.2, 0.25) is 15.9 Å². The zero-order valence-electron chi connectivity index (χ0n) is 18.6. The van der Waals surface area contributed by atoms with Gasteiger partial charge in [0.15, 0.2) is 0 Å². The molecule has 0 aliphatic carbocycles. The van der Waals surface area contributed by atoms with Crippen LogP contribution in [-0.4, -0.2) is 36.3 Å². The van der Waals surface area contributed by atoms with Crippen LogP contribution >= 0.6 is 11.6 Å². The molecule has 3 heterocycles. The number of rotatable bonds is 4. The molecule has 2 bridgehead atoms. The minimum absolute atomic E-state index is 0.0587. The predicted octanol–water partition coefficient (Wildman–Crippen LogP) is 3.94. The summed E-state index contributed by atoms with van der Waals surface area (Å²) in [4.78, 5) is 24.3. The lowest BCUT2D eigenvalue weighted by molar-refractivity contribution is -0.114. The number of nitrogens with one attached hydrogen (secondary N) is 1. The lowest BCUT2D eigenvalue weighted by Gasteiger charge is -2.42. The summed E-state index contributed by atoms with van der Waals surface area (Å²) in [6.45, 7) is 2.62. The van der Waals surface area contributed by atoms with Gasteiger partial charge < -0.3 is 9.88 Å². The van der Waals surface area contributed by atoms with Crippen molar-refractivity contribution in [1.82, 2.24) is 8.87 Å². The van der Waals surface area contributed by atoms with E-state index in [1.54, 1.807) is 22.5 Å². The Hall–Kier alpha value is -2.94. The number of halogens is 1. The van der Waals surface area contributed by atoms with Crippen molar-refractivity contribution >= 4 is 33.2 Å². The van der Waals surface area contributed by atoms with Gasteiger partial charge in [-0.25, -0.2) is 8.42 Å². The molecule has 7 nitrogen and oxygen atoms in total. The van der Waals surface area contributed by atoms with Crippen LogP contribution in [0.15, 0.2) is 70.4 Å². The molecule has 5 rings (SSSR count). The minimum Gasteiger partial charge on any atom is -0.326 e. The largest absolute Gasteiger partial charge is 0.326 e. The topological polar surface area (TPSA) is 88.5 Å². The maximum atomic E-state index is 13.4. The molecule has 9 heteroatoms. The third kappa shape index (κ3) is 4.17. The summed E-state index contributed by atoms with van der Waals surface area (Å²) in [5.41, 5.74) is 3.30. The van der Waals surface area contributed by atoms with E-state index in [9.17, 15) is 18.0 Å². The molecule has 2 atom stereocenters. The summed E-state index contributed by atoms with van der Waals surface area (Å²) >= 11 is 5.95. The van der Waals surface area contributed by atoms with Crippen LogP contribution in [0, 0.1) is 5.92 Å². The van der Waals surface area contributed by atoms with Gasteiger partial charge in [-0.15, -0.1) is 0 Å². The summed E-state index contributed by atoms with van der Waals surface area (Å²) in [5.74, 6) is -0.191. The molecule has 34 heavy (non-hydrogen) atoms. The van der Waals surface area contributed by atoms with E-state index in [-0.39, 0.29) is 28.2 Å². The molecule has 3 aromatic rings. The Bertz CT molecular complexity index is 1420. The Morgan fingerprint density at radius 3 is 2.35 bits per heavy atom. The highest BCUT2D eigenvalue weighted by molar-refractivity contribution is 7.89. The lowest BCUT2D eigenvalue weighted by atomic mass is 9.81. The van der Waals surface area contributed by atoms with Crippen molar-refractivity contribution in [2.75, 3.05) is 18.4 Å². The molecular weight excluding hydrogens is 474 g/mol. The van der Waals surface area contributed by atoms with Gasteiger partial charge in [0.1, 0.15) is 0 Å². The highest BCUT2D eigenvalue weighted by Crippen LogP contribution is 2.41. The maximum Gasteiger partial charge on any atom is 0.250 e. The Morgan fingerprint density at radius 1 is 0.971 bits per heavy atom. The van der Waals surface area contributed by atoms with Crippen LogP contribution in [0.5, 0.6) is 0 Å². The molecule has 0 saturated carbocycles. The van der Waals surface area contributed by atoms with E-state index < -0.39 is 10.0 Å². The Labute approximate surface area is 203 Å². The number of pyridine rings is 1. The first-order chi connectivity index (χ1) is 16.2. The third-order valence-corrected chi connectivity index (χ3v) is 8.62. The van der Waals surface area contributed by atoms with Gasteiger partial charge in [-0.05, 0) is 60.4 Å². The predicted molar refractivity (Wildman–Crippen MR) is 132 cm³/mol. The quantitative estimate of drug-likeness (QED) is 0.591. The fourth-order valence-corrected chi connectivity index (χ4v) is 6.79. The molecule has 0 unspecified atom stereocenters. The van der Waals surface area contributed by atoms with Gasteiger partial charge in [0, 0.05) is 60.5 Å². The van der Waals surface area contributed by atoms with Crippen molar-refractivity contribution in [2.24, 2.45) is 5.92 Å². The van der Waals surface area contributed by atoms with Crippen LogP contribution in [0.3, 0.4) is 0 Å². The average Bonchev–Trinajstić information content (AvgIpc) is 2.80. The van der Waals surface area contributed by atoms with E-state index in [0.29, 0.717) is 30.3 Å². The number of benzene rings is 2. The molecule has 2 aliphatic heterocycles. The number of hydrogen-bond donors (Lipinski definition) is 1. The molecule has 1 aromatic heterocycles. The summed E-state index contributed by atoms with van der Waals surface area (Å²) in [6, 6.07) is 17.1. The standard InChI is InChI=1S/C25H24ClN3O4S/c1-16(30)27-21-6-2-18(3-7-21)23-10-11-24(31)29-14-17-12-19(25(23)29)15-28(13-17)34(32,33)22-8-4-20(26)5-9-22/h2-11,17,19H,12-15H2,1H3,(H,27,30)/t17-,19-/m0/s1. The van der Waals surface area contributed by atoms with Gasteiger partial charge in [-0.2, -0.15) is 4.31 Å². The summed E-state index contributed by atoms with van der Waals surface area (Å²) < 4.78 is 30.1. The van der Waals surface area contributed by atoms with E-state index in [4.69, 9.17) is 11.6 Å². The van der Waals surface area contributed by atoms with E-state index in [2.05, 4.69) is 5.32 Å². The van der Waals surface area contributed by atoms with Crippen molar-refractivity contribution in [3.05, 3.63) is 81.7 Å². The molecular formula is C25H24ClN3O4S. The van der Waals surface area contributed by atoms with Crippen molar-refractivity contribution in [3.63, 3.8) is 0 Å². The number of fused-ring (bicyclic) bond motifs is 4. The monoisotopic (exact) mass is 497 g/mol. The van der Waals surface area contributed by atoms with Gasteiger partial charge >= 0.3 is 0 Å². The SMILES string of the molecule is CC(=O)Nc1ccc(-c2ccc(=O)n3c2[C@H]2C[C@@H](CN(S(=O)(=O)c4ccc(Cl)cc4)C2)C3)cc1. The molecule has 1 fully saturated rings. The van der Waals surface area contributed by atoms with Gasteiger partial charge in [-0.3, -0.25) is 9.59 Å². The Kier molecular flexibility index (Phi) is 5.83. The highest BCUT2D eigenvalue weighted by atomic mass is 35.5.